The summed E-state index contributed by atoms with van der Waals surface area (Å²) in [5.74, 6) is 0.179. The van der Waals surface area contributed by atoms with E-state index in [2.05, 4.69) is 15.5 Å². The summed E-state index contributed by atoms with van der Waals surface area (Å²) in [6.07, 6.45) is 0. The van der Waals surface area contributed by atoms with Gasteiger partial charge in [0.1, 0.15) is 10.6 Å². The number of methoxy groups -OCH3 is 1. The molecule has 3 heterocycles. The van der Waals surface area contributed by atoms with Crippen LogP contribution in [-0.2, 0) is 16.6 Å². The summed E-state index contributed by atoms with van der Waals surface area (Å²) in [6, 6.07) is 13.5. The highest BCUT2D eigenvalue weighted by atomic mass is 32.2. The SMILES string of the molecule is COC(=O)c1c(NC(=O)CSc2nnc(-c3cccs3)n2C)sc(C)c1-c1ccccc1. The van der Waals surface area contributed by atoms with Crippen LogP contribution < -0.4 is 5.32 Å². The minimum atomic E-state index is -0.481. The van der Waals surface area contributed by atoms with Crippen molar-refractivity contribution in [2.45, 2.75) is 12.1 Å². The van der Waals surface area contributed by atoms with Gasteiger partial charge in [-0.25, -0.2) is 4.79 Å². The van der Waals surface area contributed by atoms with Crippen molar-refractivity contribution in [1.82, 2.24) is 14.8 Å². The molecule has 10 heteroatoms. The van der Waals surface area contributed by atoms with Gasteiger partial charge in [-0.3, -0.25) is 4.79 Å². The lowest BCUT2D eigenvalue weighted by molar-refractivity contribution is -0.113. The molecule has 0 atom stereocenters. The van der Waals surface area contributed by atoms with Crippen LogP contribution in [0.2, 0.25) is 0 Å². The van der Waals surface area contributed by atoms with Crippen molar-refractivity contribution in [1.29, 1.82) is 0 Å². The van der Waals surface area contributed by atoms with E-state index >= 15 is 0 Å². The van der Waals surface area contributed by atoms with Gasteiger partial charge >= 0.3 is 5.97 Å². The highest BCUT2D eigenvalue weighted by molar-refractivity contribution is 7.99. The highest BCUT2D eigenvalue weighted by Crippen LogP contribution is 2.40. The average molecular weight is 485 g/mol. The summed E-state index contributed by atoms with van der Waals surface area (Å²) >= 11 is 4.24. The van der Waals surface area contributed by atoms with Crippen molar-refractivity contribution in [3.05, 3.63) is 58.3 Å². The van der Waals surface area contributed by atoms with Gasteiger partial charge in [-0.05, 0) is 23.9 Å². The number of ether oxygens (including phenoxy) is 1. The average Bonchev–Trinajstić information content (AvgIpc) is 3.51. The predicted octanol–water partition coefficient (Wildman–Crippen LogP) is 5.10. The van der Waals surface area contributed by atoms with Crippen molar-refractivity contribution in [3.8, 4) is 21.8 Å². The number of carbonyl (C=O) groups is 2. The van der Waals surface area contributed by atoms with Crippen molar-refractivity contribution in [2.24, 2.45) is 7.05 Å². The largest absolute Gasteiger partial charge is 0.465 e. The number of nitrogens with one attached hydrogen (secondary N) is 1. The van der Waals surface area contributed by atoms with Crippen molar-refractivity contribution in [3.63, 3.8) is 0 Å². The molecule has 4 aromatic rings. The van der Waals surface area contributed by atoms with Crippen LogP contribution in [0.3, 0.4) is 0 Å². The molecule has 0 saturated heterocycles. The smallest absolute Gasteiger partial charge is 0.341 e. The Balaban J connectivity index is 1.52. The highest BCUT2D eigenvalue weighted by Gasteiger charge is 2.25. The lowest BCUT2D eigenvalue weighted by Crippen LogP contribution is -2.16. The van der Waals surface area contributed by atoms with E-state index in [4.69, 9.17) is 4.74 Å². The number of thiophene rings is 2. The van der Waals surface area contributed by atoms with Crippen LogP contribution in [0.15, 0.2) is 53.0 Å². The number of carbonyl (C=O) groups excluding carboxylic acids is 2. The van der Waals surface area contributed by atoms with E-state index < -0.39 is 5.97 Å². The van der Waals surface area contributed by atoms with Crippen LogP contribution in [0, 0.1) is 6.92 Å². The van der Waals surface area contributed by atoms with Gasteiger partial charge in [0.25, 0.3) is 0 Å². The van der Waals surface area contributed by atoms with E-state index in [1.165, 1.54) is 30.2 Å². The maximum absolute atomic E-state index is 12.7. The van der Waals surface area contributed by atoms with E-state index in [1.54, 1.807) is 11.3 Å². The number of esters is 1. The maximum Gasteiger partial charge on any atom is 0.341 e. The van der Waals surface area contributed by atoms with E-state index in [0.29, 0.717) is 15.7 Å². The molecule has 0 fully saturated rings. The summed E-state index contributed by atoms with van der Waals surface area (Å²) < 4.78 is 6.88. The molecule has 0 unspecified atom stereocenters. The van der Waals surface area contributed by atoms with E-state index in [-0.39, 0.29) is 11.7 Å². The van der Waals surface area contributed by atoms with Gasteiger partial charge in [0.2, 0.25) is 5.91 Å². The zero-order valence-corrected chi connectivity index (χ0v) is 20.1. The molecule has 164 valence electrons. The van der Waals surface area contributed by atoms with Gasteiger partial charge in [-0.1, -0.05) is 48.2 Å². The van der Waals surface area contributed by atoms with Gasteiger partial charge in [0.05, 0.1) is 17.7 Å². The molecule has 0 aliphatic carbocycles. The van der Waals surface area contributed by atoms with Gasteiger partial charge in [-0.15, -0.1) is 32.9 Å². The van der Waals surface area contributed by atoms with Gasteiger partial charge in [0, 0.05) is 17.5 Å². The molecule has 1 N–H and O–H groups in total. The molecule has 0 saturated carbocycles. The van der Waals surface area contributed by atoms with Gasteiger partial charge < -0.3 is 14.6 Å². The lowest BCUT2D eigenvalue weighted by Gasteiger charge is -2.08. The first-order valence-corrected chi connectivity index (χ1v) is 12.3. The fourth-order valence-electron chi connectivity index (χ4n) is 3.24. The van der Waals surface area contributed by atoms with Crippen LogP contribution >= 0.6 is 34.4 Å². The van der Waals surface area contributed by atoms with E-state index in [1.807, 2.05) is 66.4 Å². The van der Waals surface area contributed by atoms with Crippen molar-refractivity contribution < 1.29 is 14.3 Å². The Kier molecular flexibility index (Phi) is 6.73. The maximum atomic E-state index is 12.7. The Labute approximate surface area is 197 Å². The zero-order chi connectivity index (χ0) is 22.7. The van der Waals surface area contributed by atoms with Crippen molar-refractivity contribution in [2.75, 3.05) is 18.2 Å². The van der Waals surface area contributed by atoms with Crippen molar-refractivity contribution >= 4 is 51.3 Å². The summed E-state index contributed by atoms with van der Waals surface area (Å²) in [5.41, 5.74) is 2.05. The molecular formula is C22H20N4O3S3. The molecule has 0 aliphatic rings. The Morgan fingerprint density at radius 1 is 1.16 bits per heavy atom. The summed E-state index contributed by atoms with van der Waals surface area (Å²) in [7, 11) is 3.21. The third-order valence-corrected chi connectivity index (χ3v) is 7.60. The van der Waals surface area contributed by atoms with Crippen LogP contribution in [0.25, 0.3) is 21.8 Å². The lowest BCUT2D eigenvalue weighted by atomic mass is 10.0. The third-order valence-electron chi connectivity index (χ3n) is 4.70. The number of benzene rings is 1. The number of hydrogen-bond acceptors (Lipinski definition) is 8. The molecule has 32 heavy (non-hydrogen) atoms. The molecule has 3 aromatic heterocycles. The Morgan fingerprint density at radius 3 is 2.62 bits per heavy atom. The third kappa shape index (κ3) is 4.47. The van der Waals surface area contributed by atoms with E-state index in [9.17, 15) is 9.59 Å². The second-order valence-corrected chi connectivity index (χ2v) is 9.89. The molecule has 0 radical (unpaired) electrons. The second-order valence-electron chi connectivity index (χ2n) is 6.77. The topological polar surface area (TPSA) is 86.1 Å². The molecule has 0 bridgehead atoms. The first kappa shape index (κ1) is 22.3. The summed E-state index contributed by atoms with van der Waals surface area (Å²) in [5, 5.41) is 14.4. The first-order valence-electron chi connectivity index (χ1n) is 9.62. The minimum Gasteiger partial charge on any atom is -0.465 e. The molecule has 1 aromatic carbocycles. The molecule has 0 aliphatic heterocycles. The fraction of sp³-hybridized carbons (Fsp3) is 0.182. The normalized spacial score (nSPS) is 10.8. The quantitative estimate of drug-likeness (QED) is 0.290. The number of aryl methyl sites for hydroxylation is 1. The molecule has 0 spiro atoms. The predicted molar refractivity (Wildman–Crippen MR) is 130 cm³/mol. The zero-order valence-electron chi connectivity index (χ0n) is 17.6. The standard InChI is InChI=1S/C22H20N4O3S3/c1-13-17(14-8-5-4-6-9-14)18(21(28)29-3)20(32-13)23-16(27)12-31-22-25-24-19(26(22)2)15-10-7-11-30-15/h4-11H,12H2,1-3H3,(H,23,27). The Morgan fingerprint density at radius 2 is 1.94 bits per heavy atom. The van der Waals surface area contributed by atoms with Crippen LogP contribution in [-0.4, -0.2) is 39.5 Å². The Bertz CT molecular complexity index is 1250. The summed E-state index contributed by atoms with van der Waals surface area (Å²) in [4.78, 5) is 27.2. The number of thioether (sulfide) groups is 1. The summed E-state index contributed by atoms with van der Waals surface area (Å²) in [6.45, 7) is 1.93. The fourth-order valence-corrected chi connectivity index (χ4v) is 5.77. The van der Waals surface area contributed by atoms with Gasteiger partial charge in [-0.2, -0.15) is 0 Å². The molecule has 4 rings (SSSR count). The number of anilines is 1. The van der Waals surface area contributed by atoms with Gasteiger partial charge in [0.15, 0.2) is 11.0 Å². The number of nitrogens with zero attached hydrogens (tertiary/aromatic N) is 3. The monoisotopic (exact) mass is 484 g/mol. The number of rotatable bonds is 7. The Hall–Kier alpha value is -2.95. The number of aromatic nitrogens is 3. The molecule has 7 nitrogen and oxygen atoms in total. The van der Waals surface area contributed by atoms with Crippen LogP contribution in [0.5, 0.6) is 0 Å². The number of amides is 1. The van der Waals surface area contributed by atoms with E-state index in [0.717, 1.165) is 26.7 Å². The van der Waals surface area contributed by atoms with Crippen LogP contribution in [0.4, 0.5) is 5.00 Å². The second kappa shape index (κ2) is 9.68. The first-order chi connectivity index (χ1) is 15.5. The molecular weight excluding hydrogens is 464 g/mol. The minimum absolute atomic E-state index is 0.134. The molecule has 1 amide bonds. The number of hydrogen-bond donors (Lipinski definition) is 1. The van der Waals surface area contributed by atoms with Crippen LogP contribution in [0.1, 0.15) is 15.2 Å².